The molecule has 12 N–H and O–H groups in total. The van der Waals surface area contributed by atoms with Gasteiger partial charge in [-0.2, -0.15) is 19.6 Å². The molecule has 0 fully saturated rings. The molecular weight excluding hydrogens is 208 g/mol. The van der Waals surface area contributed by atoms with Gasteiger partial charge in [-0.25, -0.2) is 10.5 Å². The van der Waals surface area contributed by atoms with Crippen molar-refractivity contribution in [2.24, 2.45) is 22.9 Å². The second kappa shape index (κ2) is 6.90. The van der Waals surface area contributed by atoms with Gasteiger partial charge in [-0.15, -0.1) is 0 Å². The Hall–Kier alpha value is -0.480. The van der Waals surface area contributed by atoms with E-state index in [1.54, 1.807) is 0 Å². The molecule has 14 heavy (non-hydrogen) atoms. The Morgan fingerprint density at radius 1 is 0.714 bits per heavy atom. The zero-order chi connectivity index (χ0) is 11.8. The largest absolute Gasteiger partial charge is 0.343 e. The molecule has 0 aromatic carbocycles. The molecule has 12 nitrogen and oxygen atoms in total. The predicted octanol–water partition coefficient (Wildman–Crippen LogP) is -3.01. The third-order valence-corrected chi connectivity index (χ3v) is 0.588. The third kappa shape index (κ3) is 8.13. The summed E-state index contributed by atoms with van der Waals surface area (Å²) in [5, 5.41) is 27.8. The number of hydrogen-bond acceptors (Lipinski definition) is 12. The first-order valence-corrected chi connectivity index (χ1v) is 2.70. The number of rotatable bonds is 5. The molecule has 0 rings (SSSR count). The van der Waals surface area contributed by atoms with Crippen LogP contribution in [0.25, 0.3) is 0 Å². The second-order valence-electron chi connectivity index (χ2n) is 1.79. The Kier molecular flexibility index (Phi) is 7.87. The Balaban J connectivity index is 0. The van der Waals surface area contributed by atoms with Gasteiger partial charge in [-0.3, -0.25) is 33.4 Å². The fourth-order valence-electron chi connectivity index (χ4n) is 0.161. The van der Waals surface area contributed by atoms with E-state index >= 15 is 0 Å². The van der Waals surface area contributed by atoms with E-state index in [1.165, 1.54) is 0 Å². The highest BCUT2D eigenvalue weighted by Gasteiger charge is 2.30. The van der Waals surface area contributed by atoms with E-state index in [2.05, 4.69) is 19.6 Å². The summed E-state index contributed by atoms with van der Waals surface area (Å²) in [4.78, 5) is 14.4. The molecule has 0 atom stereocenters. The van der Waals surface area contributed by atoms with Crippen LogP contribution in [-0.4, -0.2) is 33.1 Å². The molecule has 0 aliphatic heterocycles. The molecule has 0 aromatic rings. The first-order chi connectivity index (χ1) is 6.33. The monoisotopic (exact) mass is 220 g/mol. The van der Waals surface area contributed by atoms with E-state index in [0.717, 1.165) is 0 Å². The lowest BCUT2D eigenvalue weighted by molar-refractivity contribution is -0.569. The molecule has 0 aromatic heterocycles. The van der Waals surface area contributed by atoms with Crippen molar-refractivity contribution in [2.75, 3.05) is 0 Å². The Labute approximate surface area is 76.8 Å². The molecule has 0 bridgehead atoms. The summed E-state index contributed by atoms with van der Waals surface area (Å²) in [6, 6.07) is -4.94. The van der Waals surface area contributed by atoms with E-state index in [-0.39, 0.29) is 0 Å². The smallest absolute Gasteiger partial charge is 0.262 e. The van der Waals surface area contributed by atoms with Gasteiger partial charge in [-0.05, 0) is 0 Å². The van der Waals surface area contributed by atoms with E-state index in [9.17, 15) is 0 Å². The summed E-state index contributed by atoms with van der Waals surface area (Å²) in [7, 11) is 0. The normalized spacial score (nSPS) is 12.0. The van der Waals surface area contributed by atoms with Gasteiger partial charge < -0.3 is 0 Å². The van der Waals surface area contributed by atoms with Gasteiger partial charge in [0.05, 0.1) is 0 Å². The lowest BCUT2D eigenvalue weighted by Crippen LogP contribution is -2.60. The third-order valence-electron chi connectivity index (χ3n) is 0.588. The standard InChI is InChI=1S/C2H10N4O6.H2O2/c3-1(4,9-7)11-12-2(5,6)10-8;1-2/h7-8H,3-6H2;1-2H. The maximum atomic E-state index is 7.92. The van der Waals surface area contributed by atoms with Crippen molar-refractivity contribution in [3.8, 4) is 0 Å². The van der Waals surface area contributed by atoms with Gasteiger partial charge in [0, 0.05) is 0 Å². The van der Waals surface area contributed by atoms with Crippen LogP contribution in [0.2, 0.25) is 0 Å². The van der Waals surface area contributed by atoms with Crippen molar-refractivity contribution in [2.45, 2.75) is 12.1 Å². The molecule has 0 saturated heterocycles. The van der Waals surface area contributed by atoms with E-state index in [4.69, 9.17) is 44.0 Å². The van der Waals surface area contributed by atoms with Crippen molar-refractivity contribution in [3.63, 3.8) is 0 Å². The quantitative estimate of drug-likeness (QED) is 0.132. The van der Waals surface area contributed by atoms with Crippen molar-refractivity contribution in [3.05, 3.63) is 0 Å². The lowest BCUT2D eigenvalue weighted by atomic mass is 10.9. The molecule has 0 amide bonds. The zero-order valence-electron chi connectivity index (χ0n) is 6.73. The number of hydrogen-bond donors (Lipinski definition) is 8. The van der Waals surface area contributed by atoms with E-state index < -0.39 is 12.1 Å². The Morgan fingerprint density at radius 3 is 1.07 bits per heavy atom. The first kappa shape index (κ1) is 16.0. The SMILES string of the molecule is NC(N)(OO)OOC(N)(N)OO.OO. The van der Waals surface area contributed by atoms with Crippen LogP contribution in [-0.2, 0) is 19.6 Å². The van der Waals surface area contributed by atoms with Crippen molar-refractivity contribution in [1.29, 1.82) is 0 Å². The van der Waals surface area contributed by atoms with Crippen molar-refractivity contribution >= 4 is 0 Å². The van der Waals surface area contributed by atoms with Crippen LogP contribution < -0.4 is 22.9 Å². The molecule has 0 heterocycles. The zero-order valence-corrected chi connectivity index (χ0v) is 6.73. The minimum Gasteiger partial charge on any atom is -0.262 e. The molecule has 12 heteroatoms. The Bertz CT molecular complexity index is 123. The minimum absolute atomic E-state index is 2.47. The van der Waals surface area contributed by atoms with E-state index in [1.807, 2.05) is 0 Å². The van der Waals surface area contributed by atoms with Gasteiger partial charge in [0.2, 0.25) is 0 Å². The molecule has 88 valence electrons. The van der Waals surface area contributed by atoms with Crippen molar-refractivity contribution in [1.82, 2.24) is 0 Å². The predicted molar refractivity (Wildman–Crippen MR) is 37.1 cm³/mol. The fourth-order valence-corrected chi connectivity index (χ4v) is 0.161. The molecule has 0 saturated carbocycles. The summed E-state index contributed by atoms with van der Waals surface area (Å²) >= 11 is 0. The topological polar surface area (TPSA) is 222 Å². The van der Waals surface area contributed by atoms with Crippen molar-refractivity contribution < 1.29 is 40.6 Å². The highest BCUT2D eigenvalue weighted by Crippen LogP contribution is 2.01. The van der Waals surface area contributed by atoms with E-state index in [0.29, 0.717) is 0 Å². The molecule has 0 aliphatic rings. The second-order valence-corrected chi connectivity index (χ2v) is 1.79. The molecular formula is C2H12N4O8. The van der Waals surface area contributed by atoms with Crippen LogP contribution in [0.1, 0.15) is 0 Å². The Morgan fingerprint density at radius 2 is 0.929 bits per heavy atom. The summed E-state index contributed by atoms with van der Waals surface area (Å²) in [6.07, 6.45) is 0. The van der Waals surface area contributed by atoms with Gasteiger partial charge in [0.25, 0.3) is 0 Å². The average molecular weight is 220 g/mol. The first-order valence-electron chi connectivity index (χ1n) is 2.70. The number of nitrogens with two attached hydrogens (primary N) is 4. The molecule has 0 spiro atoms. The minimum atomic E-state index is -2.47. The van der Waals surface area contributed by atoms with Crippen LogP contribution >= 0.6 is 0 Å². The van der Waals surface area contributed by atoms with Crippen LogP contribution in [0.3, 0.4) is 0 Å². The van der Waals surface area contributed by atoms with Crippen LogP contribution in [0, 0.1) is 0 Å². The van der Waals surface area contributed by atoms with Crippen LogP contribution in [0.4, 0.5) is 0 Å². The fraction of sp³-hybridized carbons (Fsp3) is 1.00. The summed E-state index contributed by atoms with van der Waals surface area (Å²) in [5.74, 6) is 0. The maximum absolute atomic E-state index is 7.92. The molecule has 0 radical (unpaired) electrons. The average Bonchev–Trinajstić information content (AvgIpc) is 2.19. The van der Waals surface area contributed by atoms with Gasteiger partial charge in [0.1, 0.15) is 0 Å². The maximum Gasteiger partial charge on any atom is 0.343 e. The lowest BCUT2D eigenvalue weighted by Gasteiger charge is -2.24. The highest BCUT2D eigenvalue weighted by molar-refractivity contribution is 4.42. The molecule has 0 aliphatic carbocycles. The van der Waals surface area contributed by atoms with Crippen LogP contribution in [0.15, 0.2) is 0 Å². The van der Waals surface area contributed by atoms with Crippen LogP contribution in [0.5, 0.6) is 0 Å². The van der Waals surface area contributed by atoms with Gasteiger partial charge in [0.15, 0.2) is 0 Å². The highest BCUT2D eigenvalue weighted by atomic mass is 17.3. The summed E-state index contributed by atoms with van der Waals surface area (Å²) < 4.78 is 0. The summed E-state index contributed by atoms with van der Waals surface area (Å²) in [5.41, 5.74) is 19.2. The van der Waals surface area contributed by atoms with Gasteiger partial charge >= 0.3 is 12.1 Å². The molecule has 0 unspecified atom stereocenters. The van der Waals surface area contributed by atoms with Gasteiger partial charge in [-0.1, -0.05) is 0 Å². The summed E-state index contributed by atoms with van der Waals surface area (Å²) in [6.45, 7) is 0.